The average Bonchev–Trinajstić information content (AvgIpc) is 3.78. The molecule has 0 saturated carbocycles. The first-order chi connectivity index (χ1) is 25.7. The lowest BCUT2D eigenvalue weighted by Crippen LogP contribution is -2.02. The van der Waals surface area contributed by atoms with E-state index in [0.29, 0.717) is 17.5 Å². The van der Waals surface area contributed by atoms with Crippen LogP contribution in [-0.4, -0.2) is 15.0 Å². The van der Waals surface area contributed by atoms with Crippen molar-refractivity contribution < 1.29 is 8.83 Å². The van der Waals surface area contributed by atoms with Crippen LogP contribution in [0.25, 0.3) is 106 Å². The highest BCUT2D eigenvalue weighted by molar-refractivity contribution is 6.16. The average molecular weight is 668 g/mol. The van der Waals surface area contributed by atoms with Crippen molar-refractivity contribution in [3.63, 3.8) is 0 Å². The number of para-hydroxylation sites is 2. The van der Waals surface area contributed by atoms with E-state index in [1.807, 2.05) is 66.7 Å². The summed E-state index contributed by atoms with van der Waals surface area (Å²) in [5.41, 5.74) is 10.7. The van der Waals surface area contributed by atoms with E-state index >= 15 is 0 Å². The van der Waals surface area contributed by atoms with E-state index in [1.165, 1.54) is 16.5 Å². The molecular weight excluding hydrogens is 639 g/mol. The molecule has 5 nitrogen and oxygen atoms in total. The molecule has 0 unspecified atom stereocenters. The fourth-order valence-electron chi connectivity index (χ4n) is 7.91. The maximum Gasteiger partial charge on any atom is 0.165 e. The Morgan fingerprint density at radius 1 is 0.462 bits per heavy atom. The SMILES string of the molecule is C1=Cc2c(ccc3cc(-c4nc(-c5ccccc5)nc(-c5c(-c6ccc7c(c6)oc6ccccc67)ccc6oc7ccccc7c56)n4)ccc23)CC1. The molecule has 0 radical (unpaired) electrons. The number of hydrogen-bond acceptors (Lipinski definition) is 5. The summed E-state index contributed by atoms with van der Waals surface area (Å²) in [6.45, 7) is 0. The van der Waals surface area contributed by atoms with Gasteiger partial charge in [-0.3, -0.25) is 0 Å². The second-order valence-electron chi connectivity index (χ2n) is 13.5. The Labute approximate surface area is 298 Å². The fourth-order valence-corrected chi connectivity index (χ4v) is 7.91. The molecule has 0 fully saturated rings. The summed E-state index contributed by atoms with van der Waals surface area (Å²) in [5.74, 6) is 1.80. The van der Waals surface area contributed by atoms with Gasteiger partial charge in [0.05, 0.1) is 0 Å². The van der Waals surface area contributed by atoms with Crippen molar-refractivity contribution in [3.05, 3.63) is 157 Å². The number of aryl methyl sites for hydroxylation is 1. The summed E-state index contributed by atoms with van der Waals surface area (Å²) < 4.78 is 12.8. The van der Waals surface area contributed by atoms with Gasteiger partial charge in [0, 0.05) is 38.2 Å². The lowest BCUT2D eigenvalue weighted by Gasteiger charge is -2.15. The minimum atomic E-state index is 0.578. The smallest absolute Gasteiger partial charge is 0.165 e. The highest BCUT2D eigenvalue weighted by atomic mass is 16.3. The van der Waals surface area contributed by atoms with Gasteiger partial charge in [-0.05, 0) is 88.3 Å². The quantitative estimate of drug-likeness (QED) is 0.187. The van der Waals surface area contributed by atoms with Crippen LogP contribution < -0.4 is 0 Å². The Bertz CT molecular complexity index is 3080. The highest BCUT2D eigenvalue weighted by Gasteiger charge is 2.23. The van der Waals surface area contributed by atoms with Gasteiger partial charge in [0.2, 0.25) is 0 Å². The van der Waals surface area contributed by atoms with Crippen molar-refractivity contribution in [2.45, 2.75) is 12.8 Å². The minimum Gasteiger partial charge on any atom is -0.456 e. The number of hydrogen-bond donors (Lipinski definition) is 0. The first-order valence-electron chi connectivity index (χ1n) is 17.7. The van der Waals surface area contributed by atoms with Crippen LogP contribution in [0, 0.1) is 0 Å². The van der Waals surface area contributed by atoms with Crippen molar-refractivity contribution in [3.8, 4) is 45.3 Å². The monoisotopic (exact) mass is 667 g/mol. The molecular formula is C47H29N3O2. The molecule has 244 valence electrons. The van der Waals surface area contributed by atoms with Crippen LogP contribution in [0.2, 0.25) is 0 Å². The van der Waals surface area contributed by atoms with Crippen LogP contribution in [0.4, 0.5) is 0 Å². The van der Waals surface area contributed by atoms with Crippen LogP contribution in [-0.2, 0) is 6.42 Å². The maximum atomic E-state index is 6.44. The van der Waals surface area contributed by atoms with Gasteiger partial charge in [-0.1, -0.05) is 109 Å². The van der Waals surface area contributed by atoms with Crippen LogP contribution in [0.1, 0.15) is 17.5 Å². The minimum absolute atomic E-state index is 0.578. The maximum absolute atomic E-state index is 6.44. The van der Waals surface area contributed by atoms with Gasteiger partial charge < -0.3 is 8.83 Å². The number of nitrogens with zero attached hydrogens (tertiary/aromatic N) is 3. The summed E-state index contributed by atoms with van der Waals surface area (Å²) in [6, 6.07) is 48.1. The van der Waals surface area contributed by atoms with Crippen LogP contribution in [0.15, 0.2) is 154 Å². The molecule has 0 atom stereocenters. The Morgan fingerprint density at radius 3 is 2.04 bits per heavy atom. The fraction of sp³-hybridized carbons (Fsp3) is 0.0426. The first kappa shape index (κ1) is 28.9. The predicted molar refractivity (Wildman–Crippen MR) is 211 cm³/mol. The molecule has 11 rings (SSSR count). The van der Waals surface area contributed by atoms with Gasteiger partial charge in [-0.25, -0.2) is 15.0 Å². The molecule has 0 saturated heterocycles. The molecule has 10 aromatic rings. The van der Waals surface area contributed by atoms with Crippen molar-refractivity contribution in [1.29, 1.82) is 0 Å². The number of aromatic nitrogens is 3. The predicted octanol–water partition coefficient (Wildman–Crippen LogP) is 12.5. The van der Waals surface area contributed by atoms with E-state index in [9.17, 15) is 0 Å². The van der Waals surface area contributed by atoms with E-state index in [2.05, 4.69) is 84.9 Å². The molecule has 0 spiro atoms. The van der Waals surface area contributed by atoms with E-state index in [-0.39, 0.29) is 0 Å². The molecule has 0 N–H and O–H groups in total. The van der Waals surface area contributed by atoms with Gasteiger partial charge in [0.15, 0.2) is 17.5 Å². The van der Waals surface area contributed by atoms with Crippen LogP contribution >= 0.6 is 0 Å². The molecule has 1 aliphatic rings. The Balaban J connectivity index is 1.19. The second-order valence-corrected chi connectivity index (χ2v) is 13.5. The summed E-state index contributed by atoms with van der Waals surface area (Å²) in [6.07, 6.45) is 6.68. The van der Waals surface area contributed by atoms with Crippen LogP contribution in [0.5, 0.6) is 0 Å². The second kappa shape index (κ2) is 11.3. The summed E-state index contributed by atoms with van der Waals surface area (Å²) in [7, 11) is 0. The number of benzene rings is 7. The Kier molecular flexibility index (Phi) is 6.31. The normalized spacial score (nSPS) is 12.8. The molecule has 0 amide bonds. The van der Waals surface area contributed by atoms with Crippen molar-refractivity contribution >= 4 is 60.7 Å². The summed E-state index contributed by atoms with van der Waals surface area (Å²) in [4.78, 5) is 15.7. The highest BCUT2D eigenvalue weighted by Crippen LogP contribution is 2.44. The molecule has 7 aromatic carbocycles. The number of fused-ring (bicyclic) bond motifs is 9. The molecule has 5 heteroatoms. The molecule has 3 heterocycles. The van der Waals surface area contributed by atoms with E-state index in [1.54, 1.807) is 0 Å². The van der Waals surface area contributed by atoms with Crippen LogP contribution in [0.3, 0.4) is 0 Å². The number of allylic oxidation sites excluding steroid dienone is 1. The Hall–Kier alpha value is -6.85. The zero-order chi connectivity index (χ0) is 34.2. The molecule has 3 aromatic heterocycles. The summed E-state index contributed by atoms with van der Waals surface area (Å²) >= 11 is 0. The van der Waals surface area contributed by atoms with Gasteiger partial charge in [0.25, 0.3) is 0 Å². The van der Waals surface area contributed by atoms with E-state index in [4.69, 9.17) is 23.8 Å². The first-order valence-corrected chi connectivity index (χ1v) is 17.7. The lowest BCUT2D eigenvalue weighted by atomic mass is 9.91. The van der Waals surface area contributed by atoms with Crippen molar-refractivity contribution in [2.24, 2.45) is 0 Å². The number of rotatable bonds is 4. The van der Waals surface area contributed by atoms with Gasteiger partial charge >= 0.3 is 0 Å². The largest absolute Gasteiger partial charge is 0.456 e. The Morgan fingerprint density at radius 2 is 1.15 bits per heavy atom. The lowest BCUT2D eigenvalue weighted by molar-refractivity contribution is 0.669. The zero-order valence-electron chi connectivity index (χ0n) is 28.0. The van der Waals surface area contributed by atoms with Gasteiger partial charge in [0.1, 0.15) is 22.3 Å². The molecule has 52 heavy (non-hydrogen) atoms. The van der Waals surface area contributed by atoms with E-state index < -0.39 is 0 Å². The topological polar surface area (TPSA) is 65.0 Å². The third kappa shape index (κ3) is 4.53. The molecule has 1 aliphatic carbocycles. The molecule has 0 aliphatic heterocycles. The van der Waals surface area contributed by atoms with Crippen molar-refractivity contribution in [1.82, 2.24) is 15.0 Å². The number of furan rings is 2. The van der Waals surface area contributed by atoms with Gasteiger partial charge in [-0.15, -0.1) is 0 Å². The van der Waals surface area contributed by atoms with Crippen molar-refractivity contribution in [2.75, 3.05) is 0 Å². The third-order valence-electron chi connectivity index (χ3n) is 10.4. The zero-order valence-corrected chi connectivity index (χ0v) is 28.0. The summed E-state index contributed by atoms with van der Waals surface area (Å²) in [5, 5.41) is 6.55. The third-order valence-corrected chi connectivity index (χ3v) is 10.4. The molecule has 0 bridgehead atoms. The standard InChI is InChI=1S/C47H29N3O2/c1-2-11-29(12-3-1)45-48-46(32-21-22-34-30(26-32)19-18-28-10-4-5-13-33(28)34)50-47(49-45)44-35(24-25-41-43(44)38-15-7-9-17-40(38)51-41)31-20-23-37-36-14-6-8-16-39(36)52-42(37)27-31/h1-3,5-9,11-27H,4,10H2. The van der Waals surface area contributed by atoms with E-state index in [0.717, 1.165) is 89.9 Å². The van der Waals surface area contributed by atoms with Gasteiger partial charge in [-0.2, -0.15) is 0 Å².